The van der Waals surface area contributed by atoms with Crippen LogP contribution < -0.4 is 10.5 Å². The molecule has 0 saturated carbocycles. The molecule has 102 valence electrons. The van der Waals surface area contributed by atoms with E-state index in [9.17, 15) is 0 Å². The Morgan fingerprint density at radius 3 is 2.74 bits per heavy atom. The highest BCUT2D eigenvalue weighted by molar-refractivity contribution is 5.55. The highest BCUT2D eigenvalue weighted by Gasteiger charge is 2.15. The van der Waals surface area contributed by atoms with Crippen LogP contribution in [0.5, 0.6) is 11.6 Å². The molecule has 0 aliphatic heterocycles. The van der Waals surface area contributed by atoms with Crippen LogP contribution in [0.1, 0.15) is 30.2 Å². The summed E-state index contributed by atoms with van der Waals surface area (Å²) in [5, 5.41) is 4.41. The minimum absolute atomic E-state index is 0.622. The number of ether oxygens (including phenoxy) is 1. The lowest BCUT2D eigenvalue weighted by atomic mass is 10.1. The molecule has 0 amide bonds. The zero-order chi connectivity index (χ0) is 14.0. The third-order valence-electron chi connectivity index (χ3n) is 3.14. The van der Waals surface area contributed by atoms with Crippen molar-refractivity contribution < 1.29 is 4.74 Å². The maximum absolute atomic E-state index is 6.12. The Balaban J connectivity index is 2.35. The highest BCUT2D eigenvalue weighted by Crippen LogP contribution is 2.32. The van der Waals surface area contributed by atoms with Crippen molar-refractivity contribution in [3.05, 3.63) is 35.0 Å². The number of benzene rings is 1. The van der Waals surface area contributed by atoms with Crippen LogP contribution in [0, 0.1) is 13.8 Å². The van der Waals surface area contributed by atoms with E-state index in [-0.39, 0.29) is 0 Å². The van der Waals surface area contributed by atoms with Gasteiger partial charge in [-0.25, -0.2) is 4.68 Å². The first-order valence-corrected chi connectivity index (χ1v) is 6.59. The van der Waals surface area contributed by atoms with Gasteiger partial charge in [-0.2, -0.15) is 5.10 Å². The molecule has 2 rings (SSSR count). The predicted octanol–water partition coefficient (Wildman–Crippen LogP) is 3.36. The molecule has 4 nitrogen and oxygen atoms in total. The van der Waals surface area contributed by atoms with Crippen molar-refractivity contribution >= 4 is 5.69 Å². The first-order chi connectivity index (χ1) is 9.02. The summed E-state index contributed by atoms with van der Waals surface area (Å²) >= 11 is 0. The Kier molecular flexibility index (Phi) is 3.79. The van der Waals surface area contributed by atoms with Gasteiger partial charge in [-0.05, 0) is 37.5 Å². The normalized spacial score (nSPS) is 10.7. The Morgan fingerprint density at radius 2 is 2.05 bits per heavy atom. The number of aromatic nitrogens is 2. The Morgan fingerprint density at radius 1 is 1.32 bits per heavy atom. The highest BCUT2D eigenvalue weighted by atomic mass is 16.5. The number of nitrogen functional groups attached to an aromatic ring is 1. The second kappa shape index (κ2) is 5.34. The van der Waals surface area contributed by atoms with E-state index >= 15 is 0 Å². The summed E-state index contributed by atoms with van der Waals surface area (Å²) in [6.45, 7) is 6.18. The Bertz CT molecular complexity index is 587. The summed E-state index contributed by atoms with van der Waals surface area (Å²) in [4.78, 5) is 0. The van der Waals surface area contributed by atoms with E-state index in [0.717, 1.165) is 35.4 Å². The second-order valence-electron chi connectivity index (χ2n) is 4.91. The number of aryl methyl sites for hydroxylation is 4. The van der Waals surface area contributed by atoms with Crippen LogP contribution in [0.15, 0.2) is 18.2 Å². The van der Waals surface area contributed by atoms with Gasteiger partial charge in [0, 0.05) is 7.05 Å². The third-order valence-corrected chi connectivity index (χ3v) is 3.14. The summed E-state index contributed by atoms with van der Waals surface area (Å²) in [5.74, 6) is 1.45. The van der Waals surface area contributed by atoms with Gasteiger partial charge in [-0.3, -0.25) is 0 Å². The van der Waals surface area contributed by atoms with E-state index in [1.54, 1.807) is 4.68 Å². The van der Waals surface area contributed by atoms with Gasteiger partial charge in [-0.1, -0.05) is 25.5 Å². The van der Waals surface area contributed by atoms with E-state index in [1.807, 2.05) is 33.0 Å². The molecule has 2 N–H and O–H groups in total. The minimum atomic E-state index is 0.622. The average molecular weight is 259 g/mol. The lowest BCUT2D eigenvalue weighted by molar-refractivity contribution is 0.429. The van der Waals surface area contributed by atoms with Crippen LogP contribution in [0.2, 0.25) is 0 Å². The molecule has 4 heteroatoms. The zero-order valence-electron chi connectivity index (χ0n) is 12.0. The number of nitrogens with two attached hydrogens (primary N) is 1. The summed E-state index contributed by atoms with van der Waals surface area (Å²) in [5.41, 5.74) is 9.92. The number of hydrogen-bond donors (Lipinski definition) is 1. The van der Waals surface area contributed by atoms with Crippen LogP contribution >= 0.6 is 0 Å². The summed E-state index contributed by atoms with van der Waals surface area (Å²) in [6, 6.07) is 6.13. The molecule has 0 atom stereocenters. The molecule has 0 aliphatic rings. The van der Waals surface area contributed by atoms with Crippen LogP contribution in [-0.2, 0) is 13.5 Å². The molecular formula is C15H21N3O. The van der Waals surface area contributed by atoms with E-state index in [0.29, 0.717) is 11.6 Å². The van der Waals surface area contributed by atoms with Gasteiger partial charge in [0.2, 0.25) is 5.88 Å². The van der Waals surface area contributed by atoms with E-state index in [2.05, 4.69) is 18.1 Å². The quantitative estimate of drug-likeness (QED) is 0.916. The molecule has 19 heavy (non-hydrogen) atoms. The SMILES string of the molecule is CCCc1nn(C)c(Oc2cc(C)ccc2C)c1N. The molecule has 2 aromatic rings. The van der Waals surface area contributed by atoms with Crippen LogP contribution in [0.3, 0.4) is 0 Å². The topological polar surface area (TPSA) is 53.1 Å². The second-order valence-corrected chi connectivity index (χ2v) is 4.91. The molecule has 1 heterocycles. The van der Waals surface area contributed by atoms with Gasteiger partial charge in [0.1, 0.15) is 11.4 Å². The minimum Gasteiger partial charge on any atom is -0.437 e. The number of hydrogen-bond acceptors (Lipinski definition) is 3. The van der Waals surface area contributed by atoms with Gasteiger partial charge >= 0.3 is 0 Å². The molecule has 0 unspecified atom stereocenters. The van der Waals surface area contributed by atoms with Crippen LogP contribution in [-0.4, -0.2) is 9.78 Å². The first-order valence-electron chi connectivity index (χ1n) is 6.59. The largest absolute Gasteiger partial charge is 0.437 e. The fourth-order valence-corrected chi connectivity index (χ4v) is 2.04. The van der Waals surface area contributed by atoms with Gasteiger partial charge < -0.3 is 10.5 Å². The van der Waals surface area contributed by atoms with Crippen LogP contribution in [0.4, 0.5) is 5.69 Å². The van der Waals surface area contributed by atoms with Gasteiger partial charge in [0.05, 0.1) is 5.69 Å². The lowest BCUT2D eigenvalue weighted by Gasteiger charge is -2.10. The molecular weight excluding hydrogens is 238 g/mol. The van der Waals surface area contributed by atoms with Crippen molar-refractivity contribution in [3.8, 4) is 11.6 Å². The van der Waals surface area contributed by atoms with Gasteiger partial charge in [-0.15, -0.1) is 0 Å². The molecule has 0 bridgehead atoms. The van der Waals surface area contributed by atoms with E-state index in [1.165, 1.54) is 0 Å². The lowest BCUT2D eigenvalue weighted by Crippen LogP contribution is -1.98. The fourth-order valence-electron chi connectivity index (χ4n) is 2.04. The van der Waals surface area contributed by atoms with E-state index in [4.69, 9.17) is 10.5 Å². The van der Waals surface area contributed by atoms with Crippen LogP contribution in [0.25, 0.3) is 0 Å². The summed E-state index contributed by atoms with van der Waals surface area (Å²) in [6.07, 6.45) is 1.89. The first kappa shape index (κ1) is 13.5. The summed E-state index contributed by atoms with van der Waals surface area (Å²) < 4.78 is 7.66. The molecule has 0 fully saturated rings. The van der Waals surface area contributed by atoms with Crippen molar-refractivity contribution in [1.29, 1.82) is 0 Å². The van der Waals surface area contributed by atoms with Gasteiger partial charge in [0.25, 0.3) is 0 Å². The van der Waals surface area contributed by atoms with Gasteiger partial charge in [0.15, 0.2) is 0 Å². The molecule has 0 aliphatic carbocycles. The number of nitrogens with zero attached hydrogens (tertiary/aromatic N) is 2. The fraction of sp³-hybridized carbons (Fsp3) is 0.400. The van der Waals surface area contributed by atoms with Crippen molar-refractivity contribution in [2.45, 2.75) is 33.6 Å². The zero-order valence-corrected chi connectivity index (χ0v) is 12.0. The maximum atomic E-state index is 6.12. The molecule has 1 aromatic heterocycles. The maximum Gasteiger partial charge on any atom is 0.241 e. The van der Waals surface area contributed by atoms with Crippen molar-refractivity contribution in [2.24, 2.45) is 7.05 Å². The Labute approximate surface area is 114 Å². The molecule has 1 aromatic carbocycles. The third kappa shape index (κ3) is 2.72. The molecule has 0 radical (unpaired) electrons. The number of anilines is 1. The summed E-state index contributed by atoms with van der Waals surface area (Å²) in [7, 11) is 1.86. The van der Waals surface area contributed by atoms with Crippen molar-refractivity contribution in [2.75, 3.05) is 5.73 Å². The standard InChI is InChI=1S/C15H21N3O/c1-5-6-12-14(16)15(18(4)17-12)19-13-9-10(2)7-8-11(13)3/h7-9H,5-6,16H2,1-4H3. The number of rotatable bonds is 4. The van der Waals surface area contributed by atoms with Crippen molar-refractivity contribution in [3.63, 3.8) is 0 Å². The molecule has 0 spiro atoms. The molecule has 0 saturated heterocycles. The predicted molar refractivity (Wildman–Crippen MR) is 77.6 cm³/mol. The average Bonchev–Trinajstić information content (AvgIpc) is 2.62. The smallest absolute Gasteiger partial charge is 0.241 e. The van der Waals surface area contributed by atoms with Crippen molar-refractivity contribution in [1.82, 2.24) is 9.78 Å². The Hall–Kier alpha value is -1.97. The monoisotopic (exact) mass is 259 g/mol. The van der Waals surface area contributed by atoms with E-state index < -0.39 is 0 Å².